The van der Waals surface area contributed by atoms with Crippen LogP contribution >= 0.6 is 11.8 Å². The molecule has 5 nitrogen and oxygen atoms in total. The van der Waals surface area contributed by atoms with Gasteiger partial charge in [-0.15, -0.1) is 0 Å². The number of aromatic nitrogens is 2. The van der Waals surface area contributed by atoms with Crippen LogP contribution in [0.4, 0.5) is 15.8 Å². The fourth-order valence-electron chi connectivity index (χ4n) is 3.16. The van der Waals surface area contributed by atoms with Crippen LogP contribution in [0.3, 0.4) is 0 Å². The highest BCUT2D eigenvalue weighted by atomic mass is 32.2. The third-order valence-corrected chi connectivity index (χ3v) is 5.93. The summed E-state index contributed by atoms with van der Waals surface area (Å²) in [5, 5.41) is 0.823. The van der Waals surface area contributed by atoms with Crippen molar-refractivity contribution < 1.29 is 9.13 Å². The highest BCUT2D eigenvalue weighted by Gasteiger charge is 2.12. The summed E-state index contributed by atoms with van der Waals surface area (Å²) in [6.07, 6.45) is 2.47. The van der Waals surface area contributed by atoms with Gasteiger partial charge >= 0.3 is 0 Å². The van der Waals surface area contributed by atoms with Gasteiger partial charge in [-0.1, -0.05) is 23.9 Å². The van der Waals surface area contributed by atoms with Crippen LogP contribution < -0.4 is 10.6 Å². The number of nitrogen functional groups attached to an aromatic ring is 1. The lowest BCUT2D eigenvalue weighted by Crippen LogP contribution is -2.36. The van der Waals surface area contributed by atoms with Gasteiger partial charge in [0, 0.05) is 36.3 Å². The Morgan fingerprint density at radius 2 is 1.90 bits per heavy atom. The molecule has 150 valence electrons. The molecule has 7 heteroatoms. The molecule has 1 aliphatic rings. The second-order valence-electron chi connectivity index (χ2n) is 7.00. The number of benzene rings is 2. The zero-order valence-electron chi connectivity index (χ0n) is 16.3. The minimum absolute atomic E-state index is 0.148. The van der Waals surface area contributed by atoms with E-state index in [1.165, 1.54) is 23.5 Å². The monoisotopic (exact) mass is 410 g/mol. The normalized spacial score (nSPS) is 14.2. The van der Waals surface area contributed by atoms with E-state index >= 15 is 0 Å². The number of rotatable bonds is 5. The Morgan fingerprint density at radius 1 is 1.14 bits per heavy atom. The van der Waals surface area contributed by atoms with Crippen LogP contribution in [0.2, 0.25) is 0 Å². The lowest BCUT2D eigenvalue weighted by atomic mass is 10.1. The fraction of sp³-hybridized carbons (Fsp3) is 0.273. The summed E-state index contributed by atoms with van der Waals surface area (Å²) in [5.41, 5.74) is 9.03. The van der Waals surface area contributed by atoms with Crippen LogP contribution in [-0.4, -0.2) is 36.3 Å². The maximum Gasteiger partial charge on any atom is 0.147 e. The van der Waals surface area contributed by atoms with Crippen molar-refractivity contribution in [2.24, 2.45) is 0 Å². The Hall–Kier alpha value is -2.64. The Bertz CT molecular complexity index is 991. The van der Waals surface area contributed by atoms with E-state index in [1.807, 2.05) is 13.1 Å². The quantitative estimate of drug-likeness (QED) is 0.505. The van der Waals surface area contributed by atoms with E-state index in [2.05, 4.69) is 34.1 Å². The van der Waals surface area contributed by atoms with E-state index in [0.29, 0.717) is 6.42 Å². The number of ether oxygens (including phenoxy) is 1. The van der Waals surface area contributed by atoms with Gasteiger partial charge in [0.1, 0.15) is 16.7 Å². The zero-order chi connectivity index (χ0) is 20.2. The SMILES string of the molecule is Cc1cnc(Cc2ccc(N3CCOCC3)cc2)nc1Sc1ccc(N)c(F)c1. The van der Waals surface area contributed by atoms with Gasteiger partial charge in [-0.3, -0.25) is 0 Å². The zero-order valence-corrected chi connectivity index (χ0v) is 17.1. The molecule has 1 aromatic heterocycles. The summed E-state index contributed by atoms with van der Waals surface area (Å²) < 4.78 is 19.1. The predicted molar refractivity (Wildman–Crippen MR) is 114 cm³/mol. The second kappa shape index (κ2) is 8.80. The average Bonchev–Trinajstić information content (AvgIpc) is 2.74. The first-order valence-corrected chi connectivity index (χ1v) is 10.4. The largest absolute Gasteiger partial charge is 0.396 e. The number of nitrogens with two attached hydrogens (primary N) is 1. The smallest absolute Gasteiger partial charge is 0.147 e. The van der Waals surface area contributed by atoms with Crippen LogP contribution in [0.15, 0.2) is 58.6 Å². The van der Waals surface area contributed by atoms with E-state index in [4.69, 9.17) is 15.5 Å². The Labute approximate surface area is 174 Å². The molecule has 0 aliphatic carbocycles. The number of aryl methyl sites for hydroxylation is 1. The van der Waals surface area contributed by atoms with Gasteiger partial charge in [0.25, 0.3) is 0 Å². The predicted octanol–water partition coefficient (Wildman–Crippen LogP) is 4.08. The minimum Gasteiger partial charge on any atom is -0.396 e. The molecular weight excluding hydrogens is 387 g/mol. The van der Waals surface area contributed by atoms with E-state index in [1.54, 1.807) is 12.1 Å². The minimum atomic E-state index is -0.415. The standard InChI is InChI=1S/C22H23FN4OS/c1-15-14-25-21(26-22(15)29-18-6-7-20(24)19(23)13-18)12-16-2-4-17(5-3-16)27-8-10-28-11-9-27/h2-7,13-14H,8-12,24H2,1H3. The van der Waals surface area contributed by atoms with Gasteiger partial charge in [0.15, 0.2) is 0 Å². The number of morpholine rings is 1. The van der Waals surface area contributed by atoms with Crippen LogP contribution in [-0.2, 0) is 11.2 Å². The molecule has 1 fully saturated rings. The van der Waals surface area contributed by atoms with E-state index in [0.717, 1.165) is 53.2 Å². The molecule has 0 amide bonds. The lowest BCUT2D eigenvalue weighted by molar-refractivity contribution is 0.122. The first-order valence-electron chi connectivity index (χ1n) is 9.55. The third kappa shape index (κ3) is 4.86. The fourth-order valence-corrected chi connectivity index (χ4v) is 4.05. The first kappa shape index (κ1) is 19.7. The number of hydrogen-bond acceptors (Lipinski definition) is 6. The van der Waals surface area contributed by atoms with Crippen LogP contribution in [0.1, 0.15) is 17.0 Å². The first-order chi connectivity index (χ1) is 14.1. The molecule has 1 saturated heterocycles. The number of nitrogens with zero attached hydrogens (tertiary/aromatic N) is 3. The third-order valence-electron chi connectivity index (χ3n) is 4.84. The Balaban J connectivity index is 1.47. The van der Waals surface area contributed by atoms with Crippen molar-refractivity contribution in [1.29, 1.82) is 0 Å². The number of halogens is 1. The van der Waals surface area contributed by atoms with Gasteiger partial charge in [-0.25, -0.2) is 14.4 Å². The van der Waals surface area contributed by atoms with E-state index < -0.39 is 5.82 Å². The number of hydrogen-bond donors (Lipinski definition) is 1. The van der Waals surface area contributed by atoms with E-state index in [9.17, 15) is 4.39 Å². The molecule has 1 aliphatic heterocycles. The molecule has 0 atom stereocenters. The highest BCUT2D eigenvalue weighted by Crippen LogP contribution is 2.30. The van der Waals surface area contributed by atoms with Crippen molar-refractivity contribution in [3.63, 3.8) is 0 Å². The topological polar surface area (TPSA) is 64.3 Å². The summed E-state index contributed by atoms with van der Waals surface area (Å²) in [7, 11) is 0. The van der Waals surface area contributed by atoms with Crippen LogP contribution in [0.5, 0.6) is 0 Å². The molecule has 4 rings (SSSR count). The number of anilines is 2. The van der Waals surface area contributed by atoms with Gasteiger partial charge in [0.2, 0.25) is 0 Å². The summed E-state index contributed by atoms with van der Waals surface area (Å²) >= 11 is 1.42. The molecule has 0 unspecified atom stereocenters. The maximum absolute atomic E-state index is 13.7. The molecule has 0 saturated carbocycles. The summed E-state index contributed by atoms with van der Waals surface area (Å²) in [4.78, 5) is 12.3. The highest BCUT2D eigenvalue weighted by molar-refractivity contribution is 7.99. The van der Waals surface area contributed by atoms with Gasteiger partial charge in [0.05, 0.1) is 18.9 Å². The lowest BCUT2D eigenvalue weighted by Gasteiger charge is -2.28. The molecule has 3 aromatic rings. The van der Waals surface area contributed by atoms with Crippen molar-refractivity contribution in [1.82, 2.24) is 9.97 Å². The summed E-state index contributed by atoms with van der Waals surface area (Å²) in [6, 6.07) is 13.3. The van der Waals surface area contributed by atoms with Gasteiger partial charge < -0.3 is 15.4 Å². The van der Waals surface area contributed by atoms with Crippen molar-refractivity contribution in [2.45, 2.75) is 23.3 Å². The summed E-state index contributed by atoms with van der Waals surface area (Å²) in [6.45, 7) is 5.35. The molecule has 0 radical (unpaired) electrons. The summed E-state index contributed by atoms with van der Waals surface area (Å²) in [5.74, 6) is 0.329. The van der Waals surface area contributed by atoms with E-state index in [-0.39, 0.29) is 5.69 Å². The molecule has 2 heterocycles. The van der Waals surface area contributed by atoms with Crippen molar-refractivity contribution in [3.05, 3.63) is 71.4 Å². The molecular formula is C22H23FN4OS. The molecule has 0 bridgehead atoms. The maximum atomic E-state index is 13.7. The van der Waals surface area contributed by atoms with Crippen LogP contribution in [0, 0.1) is 12.7 Å². The van der Waals surface area contributed by atoms with Crippen molar-refractivity contribution in [2.75, 3.05) is 36.9 Å². The average molecular weight is 411 g/mol. The van der Waals surface area contributed by atoms with Crippen molar-refractivity contribution in [3.8, 4) is 0 Å². The van der Waals surface area contributed by atoms with Crippen LogP contribution in [0.25, 0.3) is 0 Å². The molecule has 2 aromatic carbocycles. The van der Waals surface area contributed by atoms with Gasteiger partial charge in [-0.05, 0) is 48.4 Å². The molecule has 2 N–H and O–H groups in total. The van der Waals surface area contributed by atoms with Gasteiger partial charge in [-0.2, -0.15) is 0 Å². The second-order valence-corrected chi connectivity index (χ2v) is 8.06. The van der Waals surface area contributed by atoms with Crippen molar-refractivity contribution >= 4 is 23.1 Å². The molecule has 29 heavy (non-hydrogen) atoms. The Kier molecular flexibility index (Phi) is 5.97. The Morgan fingerprint density at radius 3 is 2.62 bits per heavy atom. The molecule has 0 spiro atoms.